The van der Waals surface area contributed by atoms with Crippen molar-refractivity contribution in [3.05, 3.63) is 23.6 Å². The largest absolute Gasteiger partial charge is 0.508 e. The van der Waals surface area contributed by atoms with E-state index in [2.05, 4.69) is 11.9 Å². The lowest BCUT2D eigenvalue weighted by molar-refractivity contribution is 0.465. The molecule has 2 aromatic rings. The van der Waals surface area contributed by atoms with Gasteiger partial charge >= 0.3 is 0 Å². The number of hydrogen-bond donors (Lipinski definition) is 1. The van der Waals surface area contributed by atoms with Gasteiger partial charge in [0.1, 0.15) is 11.3 Å². The van der Waals surface area contributed by atoms with Crippen LogP contribution >= 0.6 is 0 Å². The molecule has 0 atom stereocenters. The minimum Gasteiger partial charge on any atom is -0.508 e. The Balaban J connectivity index is 2.13. The minimum absolute atomic E-state index is 0.324. The number of aryl methyl sites for hydroxylation is 2. The molecule has 92 valence electrons. The molecule has 0 bridgehead atoms. The number of hydrogen-bond acceptors (Lipinski definition) is 3. The Labute approximate surface area is 101 Å². The van der Waals surface area contributed by atoms with Crippen LogP contribution < -0.4 is 0 Å². The van der Waals surface area contributed by atoms with Crippen LogP contribution in [0.5, 0.6) is 5.75 Å². The lowest BCUT2D eigenvalue weighted by Crippen LogP contribution is -1.87. The molecule has 0 unspecified atom stereocenters. The molecule has 0 aliphatic carbocycles. The summed E-state index contributed by atoms with van der Waals surface area (Å²) in [6.07, 6.45) is 5.73. The monoisotopic (exact) mass is 233 g/mol. The maximum Gasteiger partial charge on any atom is 0.192 e. The van der Waals surface area contributed by atoms with Gasteiger partial charge in [0.15, 0.2) is 11.5 Å². The van der Waals surface area contributed by atoms with Crippen LogP contribution in [0, 0.1) is 6.92 Å². The van der Waals surface area contributed by atoms with Gasteiger partial charge in [-0.15, -0.1) is 0 Å². The van der Waals surface area contributed by atoms with E-state index in [0.717, 1.165) is 23.9 Å². The van der Waals surface area contributed by atoms with Gasteiger partial charge < -0.3 is 9.52 Å². The number of rotatable bonds is 5. The second kappa shape index (κ2) is 5.21. The number of phenols is 1. The highest BCUT2D eigenvalue weighted by atomic mass is 16.3. The molecule has 17 heavy (non-hydrogen) atoms. The third-order valence-corrected chi connectivity index (χ3v) is 3.00. The van der Waals surface area contributed by atoms with Gasteiger partial charge in [0.25, 0.3) is 0 Å². The zero-order valence-corrected chi connectivity index (χ0v) is 10.5. The number of phenolic OH excluding ortho intramolecular Hbond substituents is 1. The normalized spacial score (nSPS) is 11.2. The number of fused-ring (bicyclic) bond motifs is 1. The van der Waals surface area contributed by atoms with Crippen molar-refractivity contribution in [2.45, 2.75) is 46.0 Å². The maximum atomic E-state index is 9.89. The Morgan fingerprint density at radius 1 is 1.24 bits per heavy atom. The first-order valence-electron chi connectivity index (χ1n) is 6.29. The van der Waals surface area contributed by atoms with Crippen molar-refractivity contribution in [2.75, 3.05) is 0 Å². The quantitative estimate of drug-likeness (QED) is 0.795. The second-order valence-electron chi connectivity index (χ2n) is 4.49. The Hall–Kier alpha value is -1.51. The Bertz CT molecular complexity index is 502. The first kappa shape index (κ1) is 12.0. The number of nitrogens with zero attached hydrogens (tertiary/aromatic N) is 1. The lowest BCUT2D eigenvalue weighted by Gasteiger charge is -2.03. The summed E-state index contributed by atoms with van der Waals surface area (Å²) in [5.74, 6) is 0.965. The molecule has 0 aliphatic heterocycles. The van der Waals surface area contributed by atoms with Gasteiger partial charge in [-0.1, -0.05) is 26.2 Å². The number of oxazole rings is 1. The predicted octanol–water partition coefficient (Wildman–Crippen LogP) is 3.96. The van der Waals surface area contributed by atoms with Gasteiger partial charge in [0.2, 0.25) is 0 Å². The fourth-order valence-corrected chi connectivity index (χ4v) is 2.06. The van der Waals surface area contributed by atoms with Gasteiger partial charge in [-0.3, -0.25) is 0 Å². The first-order valence-corrected chi connectivity index (χ1v) is 6.29. The molecule has 0 aliphatic rings. The van der Waals surface area contributed by atoms with Gasteiger partial charge in [-0.2, -0.15) is 0 Å². The number of unbranched alkanes of at least 4 members (excludes halogenated alkanes) is 3. The Kier molecular flexibility index (Phi) is 3.67. The molecule has 1 heterocycles. The van der Waals surface area contributed by atoms with Crippen LogP contribution in [0.15, 0.2) is 16.5 Å². The Morgan fingerprint density at radius 3 is 2.82 bits per heavy atom. The summed E-state index contributed by atoms with van der Waals surface area (Å²) >= 11 is 0. The molecule has 0 spiro atoms. The first-order chi connectivity index (χ1) is 8.20. The molecule has 1 aromatic carbocycles. The van der Waals surface area contributed by atoms with Crippen LogP contribution in [0.2, 0.25) is 0 Å². The van der Waals surface area contributed by atoms with E-state index in [0.29, 0.717) is 17.2 Å². The van der Waals surface area contributed by atoms with Crippen molar-refractivity contribution < 1.29 is 9.52 Å². The van der Waals surface area contributed by atoms with Gasteiger partial charge in [-0.25, -0.2) is 4.98 Å². The summed E-state index contributed by atoms with van der Waals surface area (Å²) in [7, 11) is 0. The van der Waals surface area contributed by atoms with Crippen LogP contribution in [0.3, 0.4) is 0 Å². The molecule has 0 amide bonds. The van der Waals surface area contributed by atoms with E-state index in [1.807, 2.05) is 13.0 Å². The molecule has 1 N–H and O–H groups in total. The number of aromatic nitrogens is 1. The van der Waals surface area contributed by atoms with Crippen LogP contribution in [0.1, 0.15) is 44.1 Å². The highest BCUT2D eigenvalue weighted by Crippen LogP contribution is 2.26. The lowest BCUT2D eigenvalue weighted by atomic mass is 10.0. The third kappa shape index (κ3) is 2.78. The van der Waals surface area contributed by atoms with Gasteiger partial charge in [0, 0.05) is 13.0 Å². The SMILES string of the molecule is CCCCCCc1cc2nc(C)oc2cc1O. The summed E-state index contributed by atoms with van der Waals surface area (Å²) < 4.78 is 5.38. The topological polar surface area (TPSA) is 46.3 Å². The number of benzene rings is 1. The molecular weight excluding hydrogens is 214 g/mol. The summed E-state index contributed by atoms with van der Waals surface area (Å²) in [6.45, 7) is 4.01. The van der Waals surface area contributed by atoms with Crippen molar-refractivity contribution in [3.63, 3.8) is 0 Å². The van der Waals surface area contributed by atoms with Gasteiger partial charge in [0.05, 0.1) is 0 Å². The van der Waals surface area contributed by atoms with Crippen LogP contribution in [0.4, 0.5) is 0 Å². The summed E-state index contributed by atoms with van der Waals surface area (Å²) in [5.41, 5.74) is 2.48. The van der Waals surface area contributed by atoms with Crippen LogP contribution in [-0.4, -0.2) is 10.1 Å². The standard InChI is InChI=1S/C14H19NO2/c1-3-4-5-6-7-11-8-12-14(9-13(11)16)17-10(2)15-12/h8-9,16H,3-7H2,1-2H3. The fourth-order valence-electron chi connectivity index (χ4n) is 2.06. The van der Waals surface area contributed by atoms with Crippen LogP contribution in [-0.2, 0) is 6.42 Å². The molecule has 3 nitrogen and oxygen atoms in total. The Morgan fingerprint density at radius 2 is 2.06 bits per heavy atom. The predicted molar refractivity (Wildman–Crippen MR) is 68.3 cm³/mol. The summed E-state index contributed by atoms with van der Waals surface area (Å²) in [4.78, 5) is 4.28. The summed E-state index contributed by atoms with van der Waals surface area (Å²) in [5, 5.41) is 9.89. The van der Waals surface area contributed by atoms with Crippen molar-refractivity contribution in [2.24, 2.45) is 0 Å². The van der Waals surface area contributed by atoms with Crippen molar-refractivity contribution in [3.8, 4) is 5.75 Å². The molecule has 3 heteroatoms. The van der Waals surface area contributed by atoms with Crippen molar-refractivity contribution >= 4 is 11.1 Å². The van der Waals surface area contributed by atoms with E-state index in [9.17, 15) is 5.11 Å². The molecule has 0 fully saturated rings. The van der Waals surface area contributed by atoms with E-state index in [1.165, 1.54) is 19.3 Å². The second-order valence-corrected chi connectivity index (χ2v) is 4.49. The zero-order chi connectivity index (χ0) is 12.3. The van der Waals surface area contributed by atoms with E-state index in [4.69, 9.17) is 4.42 Å². The van der Waals surface area contributed by atoms with Crippen LogP contribution in [0.25, 0.3) is 11.1 Å². The van der Waals surface area contributed by atoms with E-state index >= 15 is 0 Å². The van der Waals surface area contributed by atoms with E-state index in [1.54, 1.807) is 6.07 Å². The average molecular weight is 233 g/mol. The highest BCUT2D eigenvalue weighted by Gasteiger charge is 2.08. The van der Waals surface area contributed by atoms with E-state index < -0.39 is 0 Å². The number of aromatic hydroxyl groups is 1. The van der Waals surface area contributed by atoms with E-state index in [-0.39, 0.29) is 0 Å². The molecular formula is C14H19NO2. The molecule has 0 saturated heterocycles. The zero-order valence-electron chi connectivity index (χ0n) is 10.5. The molecule has 1 aromatic heterocycles. The molecule has 0 radical (unpaired) electrons. The van der Waals surface area contributed by atoms with Crippen molar-refractivity contribution in [1.29, 1.82) is 0 Å². The smallest absolute Gasteiger partial charge is 0.192 e. The van der Waals surface area contributed by atoms with Crippen molar-refractivity contribution in [1.82, 2.24) is 4.98 Å². The maximum absolute atomic E-state index is 9.89. The highest BCUT2D eigenvalue weighted by molar-refractivity contribution is 5.76. The minimum atomic E-state index is 0.324. The summed E-state index contributed by atoms with van der Waals surface area (Å²) in [6, 6.07) is 3.61. The molecule has 0 saturated carbocycles. The van der Waals surface area contributed by atoms with Gasteiger partial charge in [-0.05, 0) is 24.5 Å². The average Bonchev–Trinajstić information content (AvgIpc) is 2.63. The third-order valence-electron chi connectivity index (χ3n) is 3.00. The fraction of sp³-hybridized carbons (Fsp3) is 0.500. The molecule has 2 rings (SSSR count).